The lowest BCUT2D eigenvalue weighted by Gasteiger charge is -2.14. The molecule has 0 aliphatic heterocycles. The third-order valence-electron chi connectivity index (χ3n) is 2.86. The fourth-order valence-corrected chi connectivity index (χ4v) is 1.72. The molecule has 0 radical (unpaired) electrons. The molecule has 0 aliphatic rings. The number of carbonyl (C=O) groups is 1. The van der Waals surface area contributed by atoms with Gasteiger partial charge in [0.2, 0.25) is 0 Å². The number of nitrogens with one attached hydrogen (secondary N) is 2. The Morgan fingerprint density at radius 2 is 2.06 bits per heavy atom. The molecule has 0 saturated carbocycles. The molecule has 1 aromatic heterocycles. The fourth-order valence-electron chi connectivity index (χ4n) is 1.72. The first-order valence-electron chi connectivity index (χ1n) is 5.74. The van der Waals surface area contributed by atoms with Crippen LogP contribution in [0.3, 0.4) is 0 Å². The zero-order valence-electron chi connectivity index (χ0n) is 10.4. The quantitative estimate of drug-likeness (QED) is 0.720. The Balaban J connectivity index is 2.08. The molecule has 5 heteroatoms. The van der Waals surface area contributed by atoms with E-state index in [1.165, 1.54) is 6.20 Å². The van der Waals surface area contributed by atoms with E-state index in [0.717, 1.165) is 11.3 Å². The summed E-state index contributed by atoms with van der Waals surface area (Å²) in [7, 11) is 0. The molecular formula is C13H16N4O. The van der Waals surface area contributed by atoms with E-state index in [0.29, 0.717) is 11.3 Å². The third kappa shape index (κ3) is 2.51. The van der Waals surface area contributed by atoms with Crippen molar-refractivity contribution < 1.29 is 4.79 Å². The molecule has 1 amide bonds. The van der Waals surface area contributed by atoms with Gasteiger partial charge in [0, 0.05) is 11.4 Å². The second-order valence-corrected chi connectivity index (χ2v) is 4.27. The molecule has 18 heavy (non-hydrogen) atoms. The number of nitrogens with two attached hydrogens (primary N) is 1. The number of aryl methyl sites for hydroxylation is 1. The number of anilines is 1. The van der Waals surface area contributed by atoms with Crippen molar-refractivity contribution in [3.05, 3.63) is 47.3 Å². The van der Waals surface area contributed by atoms with Crippen molar-refractivity contribution >= 4 is 11.6 Å². The van der Waals surface area contributed by atoms with E-state index in [9.17, 15) is 4.79 Å². The number of benzene rings is 1. The summed E-state index contributed by atoms with van der Waals surface area (Å²) in [5.41, 5.74) is 8.68. The minimum absolute atomic E-state index is 0.0765. The van der Waals surface area contributed by atoms with Gasteiger partial charge in [-0.3, -0.25) is 9.89 Å². The molecular weight excluding hydrogens is 228 g/mol. The maximum absolute atomic E-state index is 12.0. The Morgan fingerprint density at radius 3 is 2.61 bits per heavy atom. The molecule has 4 N–H and O–H groups in total. The van der Waals surface area contributed by atoms with Crippen LogP contribution >= 0.6 is 0 Å². The lowest BCUT2D eigenvalue weighted by molar-refractivity contribution is 0.0939. The number of nitrogens with zero attached hydrogens (tertiary/aromatic N) is 1. The zero-order valence-corrected chi connectivity index (χ0v) is 10.4. The lowest BCUT2D eigenvalue weighted by Crippen LogP contribution is -2.26. The van der Waals surface area contributed by atoms with E-state index in [1.807, 2.05) is 38.1 Å². The van der Waals surface area contributed by atoms with E-state index in [4.69, 9.17) is 5.73 Å². The molecule has 94 valence electrons. The van der Waals surface area contributed by atoms with Crippen LogP contribution in [0.4, 0.5) is 5.69 Å². The van der Waals surface area contributed by atoms with E-state index >= 15 is 0 Å². The topological polar surface area (TPSA) is 83.8 Å². The van der Waals surface area contributed by atoms with E-state index in [1.54, 1.807) is 0 Å². The number of hydrogen-bond donors (Lipinski definition) is 3. The number of aromatic amines is 1. The molecule has 0 bridgehead atoms. The van der Waals surface area contributed by atoms with Gasteiger partial charge in [-0.2, -0.15) is 5.10 Å². The summed E-state index contributed by atoms with van der Waals surface area (Å²) in [5.74, 6) is -0.134. The highest BCUT2D eigenvalue weighted by Crippen LogP contribution is 2.15. The molecule has 1 atom stereocenters. The van der Waals surface area contributed by atoms with Gasteiger partial charge < -0.3 is 11.1 Å². The standard InChI is InChI=1S/C13H16N4O/c1-8(10-3-5-11(14)6-4-10)16-13(18)12-7-15-17-9(12)2/h3-8H,14H2,1-2H3,(H,15,17)(H,16,18). The van der Waals surface area contributed by atoms with Crippen molar-refractivity contribution in [1.82, 2.24) is 15.5 Å². The predicted octanol–water partition coefficient (Wildman–Crippen LogP) is 1.79. The summed E-state index contributed by atoms with van der Waals surface area (Å²) in [6.07, 6.45) is 1.53. The first-order valence-corrected chi connectivity index (χ1v) is 5.74. The van der Waals surface area contributed by atoms with Crippen molar-refractivity contribution in [2.75, 3.05) is 5.73 Å². The first kappa shape index (κ1) is 12.2. The number of carbonyl (C=O) groups excluding carboxylic acids is 1. The maximum Gasteiger partial charge on any atom is 0.255 e. The molecule has 1 unspecified atom stereocenters. The van der Waals surface area contributed by atoms with Crippen LogP contribution in [-0.4, -0.2) is 16.1 Å². The Hall–Kier alpha value is -2.30. The van der Waals surface area contributed by atoms with E-state index in [2.05, 4.69) is 15.5 Å². The van der Waals surface area contributed by atoms with Crippen LogP contribution in [0.2, 0.25) is 0 Å². The normalized spacial score (nSPS) is 12.1. The molecule has 2 aromatic rings. The highest BCUT2D eigenvalue weighted by atomic mass is 16.1. The number of amides is 1. The minimum atomic E-state index is -0.134. The van der Waals surface area contributed by atoms with Gasteiger partial charge in [-0.1, -0.05) is 12.1 Å². The highest BCUT2D eigenvalue weighted by molar-refractivity contribution is 5.95. The van der Waals surface area contributed by atoms with Gasteiger partial charge in [-0.25, -0.2) is 0 Å². The van der Waals surface area contributed by atoms with Gasteiger partial charge >= 0.3 is 0 Å². The molecule has 0 saturated heterocycles. The molecule has 0 aliphatic carbocycles. The third-order valence-corrected chi connectivity index (χ3v) is 2.86. The molecule has 1 aromatic carbocycles. The van der Waals surface area contributed by atoms with Gasteiger partial charge in [0.25, 0.3) is 5.91 Å². The second-order valence-electron chi connectivity index (χ2n) is 4.27. The summed E-state index contributed by atoms with van der Waals surface area (Å²) < 4.78 is 0. The lowest BCUT2D eigenvalue weighted by atomic mass is 10.1. The summed E-state index contributed by atoms with van der Waals surface area (Å²) in [5, 5.41) is 9.49. The van der Waals surface area contributed by atoms with Crippen molar-refractivity contribution in [3.8, 4) is 0 Å². The zero-order chi connectivity index (χ0) is 13.1. The van der Waals surface area contributed by atoms with Gasteiger partial charge in [-0.15, -0.1) is 0 Å². The average molecular weight is 244 g/mol. The number of aromatic nitrogens is 2. The van der Waals surface area contributed by atoms with Crippen molar-refractivity contribution in [1.29, 1.82) is 0 Å². The van der Waals surface area contributed by atoms with Crippen molar-refractivity contribution in [3.63, 3.8) is 0 Å². The molecule has 2 rings (SSSR count). The van der Waals surface area contributed by atoms with Crippen LogP contribution < -0.4 is 11.1 Å². The maximum atomic E-state index is 12.0. The van der Waals surface area contributed by atoms with Crippen LogP contribution in [0.1, 0.15) is 34.6 Å². The highest BCUT2D eigenvalue weighted by Gasteiger charge is 2.14. The van der Waals surface area contributed by atoms with Crippen molar-refractivity contribution in [2.24, 2.45) is 0 Å². The number of H-pyrrole nitrogens is 1. The minimum Gasteiger partial charge on any atom is -0.399 e. The van der Waals surface area contributed by atoms with E-state index in [-0.39, 0.29) is 11.9 Å². The van der Waals surface area contributed by atoms with Crippen LogP contribution in [0.25, 0.3) is 0 Å². The van der Waals surface area contributed by atoms with Crippen molar-refractivity contribution in [2.45, 2.75) is 19.9 Å². The molecule has 0 fully saturated rings. The monoisotopic (exact) mass is 244 g/mol. The molecule has 0 spiro atoms. The first-order chi connectivity index (χ1) is 8.58. The second kappa shape index (κ2) is 4.91. The summed E-state index contributed by atoms with van der Waals surface area (Å²) in [6.45, 7) is 3.74. The van der Waals surface area contributed by atoms with Gasteiger partial charge in [0.15, 0.2) is 0 Å². The summed E-state index contributed by atoms with van der Waals surface area (Å²) in [6, 6.07) is 7.38. The van der Waals surface area contributed by atoms with Crippen LogP contribution in [0.5, 0.6) is 0 Å². The number of hydrogen-bond acceptors (Lipinski definition) is 3. The SMILES string of the molecule is Cc1[nH]ncc1C(=O)NC(C)c1ccc(N)cc1. The predicted molar refractivity (Wildman–Crippen MR) is 70.1 cm³/mol. The smallest absolute Gasteiger partial charge is 0.255 e. The summed E-state index contributed by atoms with van der Waals surface area (Å²) >= 11 is 0. The van der Waals surface area contributed by atoms with Crippen LogP contribution in [0, 0.1) is 6.92 Å². The largest absolute Gasteiger partial charge is 0.399 e. The Labute approximate surface area is 105 Å². The summed E-state index contributed by atoms with van der Waals surface area (Å²) in [4.78, 5) is 12.0. The van der Waals surface area contributed by atoms with Crippen LogP contribution in [-0.2, 0) is 0 Å². The fraction of sp³-hybridized carbons (Fsp3) is 0.231. The van der Waals surface area contributed by atoms with Crippen LogP contribution in [0.15, 0.2) is 30.5 Å². The number of nitrogen functional groups attached to an aromatic ring is 1. The van der Waals surface area contributed by atoms with Gasteiger partial charge in [0.05, 0.1) is 17.8 Å². The molecule has 1 heterocycles. The van der Waals surface area contributed by atoms with E-state index < -0.39 is 0 Å². The Bertz CT molecular complexity index is 544. The average Bonchev–Trinajstić information content (AvgIpc) is 2.76. The van der Waals surface area contributed by atoms with Gasteiger partial charge in [-0.05, 0) is 31.5 Å². The number of rotatable bonds is 3. The van der Waals surface area contributed by atoms with Gasteiger partial charge in [0.1, 0.15) is 0 Å². The molecule has 5 nitrogen and oxygen atoms in total. The Morgan fingerprint density at radius 1 is 1.39 bits per heavy atom. The Kier molecular flexibility index (Phi) is 3.32.